The van der Waals surface area contributed by atoms with E-state index in [2.05, 4.69) is 32.9 Å². The fraction of sp³-hybridized carbons (Fsp3) is 0.897. The van der Waals surface area contributed by atoms with Crippen LogP contribution in [0, 0.1) is 5.92 Å². The Bertz CT molecular complexity index is 403. The molecule has 3 nitrogen and oxygen atoms in total. The van der Waals surface area contributed by atoms with Crippen molar-refractivity contribution < 1.29 is 14.3 Å². The maximum atomic E-state index is 11.5. The summed E-state index contributed by atoms with van der Waals surface area (Å²) in [5.74, 6) is 0.757. The first kappa shape index (κ1) is 31.0. The molecule has 0 N–H and O–H groups in total. The number of carbonyl (C=O) groups excluding carboxylic acids is 1. The summed E-state index contributed by atoms with van der Waals surface area (Å²) in [6, 6.07) is 0. The smallest absolute Gasteiger partial charge is 0.434 e. The molecule has 0 unspecified atom stereocenters. The molecule has 0 saturated heterocycles. The first-order chi connectivity index (χ1) is 15.7. The maximum absolute atomic E-state index is 11.5. The molecule has 0 rings (SSSR count). The minimum Gasteiger partial charge on any atom is -0.434 e. The Kier molecular flexibility index (Phi) is 25.5. The van der Waals surface area contributed by atoms with Gasteiger partial charge in [0.05, 0.1) is 13.2 Å². The van der Waals surface area contributed by atoms with Crippen molar-refractivity contribution in [2.75, 3.05) is 13.2 Å². The van der Waals surface area contributed by atoms with Gasteiger partial charge in [-0.3, -0.25) is 0 Å². The molecule has 0 radical (unpaired) electrons. The van der Waals surface area contributed by atoms with Crippen LogP contribution >= 0.6 is 0 Å². The number of unbranched alkanes of at least 4 members (excludes halogenated alkanes) is 16. The monoisotopic (exact) mass is 452 g/mol. The molecule has 0 aromatic carbocycles. The summed E-state index contributed by atoms with van der Waals surface area (Å²) in [4.78, 5) is 11.5. The fourth-order valence-corrected chi connectivity index (χ4v) is 3.89. The van der Waals surface area contributed by atoms with E-state index in [-0.39, 0.29) is 0 Å². The average molecular weight is 453 g/mol. The summed E-state index contributed by atoms with van der Waals surface area (Å²) in [5.41, 5.74) is 0. The summed E-state index contributed by atoms with van der Waals surface area (Å²) in [5, 5.41) is 0. The number of ether oxygens (including phenoxy) is 2. The Morgan fingerprint density at radius 3 is 1.47 bits per heavy atom. The van der Waals surface area contributed by atoms with Gasteiger partial charge in [-0.15, -0.1) is 0 Å². The van der Waals surface area contributed by atoms with Crippen LogP contribution in [0.25, 0.3) is 0 Å². The number of allylic oxidation sites excluding steroid dienone is 2. The molecule has 32 heavy (non-hydrogen) atoms. The summed E-state index contributed by atoms with van der Waals surface area (Å²) in [6.45, 7) is 7.75. The normalized spacial score (nSPS) is 11.5. The molecule has 0 aromatic heterocycles. The van der Waals surface area contributed by atoms with E-state index < -0.39 is 6.16 Å². The van der Waals surface area contributed by atoms with Crippen LogP contribution in [-0.2, 0) is 9.47 Å². The second-order valence-electron chi connectivity index (χ2n) is 9.84. The van der Waals surface area contributed by atoms with Crippen molar-refractivity contribution in [2.45, 2.75) is 149 Å². The van der Waals surface area contributed by atoms with Crippen LogP contribution in [-0.4, -0.2) is 19.4 Å². The van der Waals surface area contributed by atoms with Gasteiger partial charge < -0.3 is 9.47 Å². The van der Waals surface area contributed by atoms with Crippen LogP contribution in [0.15, 0.2) is 12.2 Å². The van der Waals surface area contributed by atoms with Gasteiger partial charge in [0.25, 0.3) is 0 Å². The van der Waals surface area contributed by atoms with Crippen LogP contribution in [0.1, 0.15) is 149 Å². The summed E-state index contributed by atoms with van der Waals surface area (Å²) in [7, 11) is 0. The van der Waals surface area contributed by atoms with Gasteiger partial charge >= 0.3 is 6.16 Å². The van der Waals surface area contributed by atoms with Gasteiger partial charge in [0.15, 0.2) is 0 Å². The van der Waals surface area contributed by atoms with E-state index in [4.69, 9.17) is 9.47 Å². The van der Waals surface area contributed by atoms with Gasteiger partial charge in [0.1, 0.15) is 0 Å². The molecule has 190 valence electrons. The van der Waals surface area contributed by atoms with Crippen molar-refractivity contribution in [3.8, 4) is 0 Å². The van der Waals surface area contributed by atoms with Gasteiger partial charge in [0, 0.05) is 0 Å². The molecule has 0 spiro atoms. The molecule has 0 amide bonds. The molecule has 3 heteroatoms. The molecule has 0 aliphatic heterocycles. The molecular weight excluding hydrogens is 396 g/mol. The number of hydrogen-bond acceptors (Lipinski definition) is 3. The molecule has 0 heterocycles. The molecule has 0 atom stereocenters. The fourth-order valence-electron chi connectivity index (χ4n) is 3.89. The van der Waals surface area contributed by atoms with Gasteiger partial charge in [-0.2, -0.15) is 0 Å². The van der Waals surface area contributed by atoms with Gasteiger partial charge in [0.2, 0.25) is 0 Å². The van der Waals surface area contributed by atoms with E-state index in [0.29, 0.717) is 13.2 Å². The maximum Gasteiger partial charge on any atom is 0.508 e. The average Bonchev–Trinajstić information content (AvgIpc) is 2.77. The highest BCUT2D eigenvalue weighted by Crippen LogP contribution is 2.11. The third-order valence-electron chi connectivity index (χ3n) is 6.02. The van der Waals surface area contributed by atoms with Crippen LogP contribution in [0.4, 0.5) is 4.79 Å². The van der Waals surface area contributed by atoms with E-state index in [1.54, 1.807) is 0 Å². The SMILES string of the molecule is CCCCCCCCCC/C=C\CCCCCCCCOC(=O)OCCCCCC(C)C. The summed E-state index contributed by atoms with van der Waals surface area (Å²) >= 11 is 0. The minimum atomic E-state index is -0.493. The zero-order chi connectivity index (χ0) is 23.5. The minimum absolute atomic E-state index is 0.491. The lowest BCUT2D eigenvalue weighted by Crippen LogP contribution is -2.09. The third kappa shape index (κ3) is 27.0. The quantitative estimate of drug-likeness (QED) is 0.0829. The number of carbonyl (C=O) groups is 1. The first-order valence-corrected chi connectivity index (χ1v) is 14.1. The standard InChI is InChI=1S/C29H56O3/c1-4-5-6-7-8-9-10-11-12-13-14-15-16-17-18-19-20-23-26-31-29(30)32-27-24-21-22-25-28(2)3/h13-14,28H,4-12,15-27H2,1-3H3/b14-13-. The molecule has 0 fully saturated rings. The second kappa shape index (κ2) is 26.3. The largest absolute Gasteiger partial charge is 0.508 e. The first-order valence-electron chi connectivity index (χ1n) is 14.1. The highest BCUT2D eigenvalue weighted by molar-refractivity contribution is 5.59. The Morgan fingerprint density at radius 2 is 1.00 bits per heavy atom. The predicted octanol–water partition coefficient (Wildman–Crippen LogP) is 10.2. The van der Waals surface area contributed by atoms with E-state index in [0.717, 1.165) is 31.6 Å². The highest BCUT2D eigenvalue weighted by atomic mass is 16.7. The van der Waals surface area contributed by atoms with Crippen molar-refractivity contribution in [1.82, 2.24) is 0 Å². The molecule has 0 aromatic rings. The number of rotatable bonds is 24. The molecule has 0 aliphatic carbocycles. The van der Waals surface area contributed by atoms with Crippen molar-refractivity contribution in [3.05, 3.63) is 12.2 Å². The van der Waals surface area contributed by atoms with Crippen LogP contribution < -0.4 is 0 Å². The lowest BCUT2D eigenvalue weighted by atomic mass is 10.1. The van der Waals surface area contributed by atoms with Gasteiger partial charge in [-0.05, 0) is 44.4 Å². The van der Waals surface area contributed by atoms with E-state index in [1.165, 1.54) is 103 Å². The topological polar surface area (TPSA) is 35.5 Å². The van der Waals surface area contributed by atoms with Crippen molar-refractivity contribution >= 4 is 6.16 Å². The van der Waals surface area contributed by atoms with Gasteiger partial charge in [-0.25, -0.2) is 4.79 Å². The predicted molar refractivity (Wildman–Crippen MR) is 139 cm³/mol. The van der Waals surface area contributed by atoms with Crippen LogP contribution in [0.5, 0.6) is 0 Å². The lowest BCUT2D eigenvalue weighted by molar-refractivity contribution is 0.0528. The Hall–Kier alpha value is -0.990. The molecule has 0 aliphatic rings. The zero-order valence-electron chi connectivity index (χ0n) is 22.0. The zero-order valence-corrected chi connectivity index (χ0v) is 22.0. The molecule has 0 bridgehead atoms. The molecule has 0 saturated carbocycles. The lowest BCUT2D eigenvalue weighted by Gasteiger charge is -2.07. The van der Waals surface area contributed by atoms with Crippen molar-refractivity contribution in [3.63, 3.8) is 0 Å². The van der Waals surface area contributed by atoms with Crippen molar-refractivity contribution in [2.24, 2.45) is 5.92 Å². The summed E-state index contributed by atoms with van der Waals surface area (Å²) in [6.07, 6.45) is 29.7. The molecular formula is C29H56O3. The van der Waals surface area contributed by atoms with E-state index in [1.807, 2.05) is 0 Å². The Labute approximate surface area is 201 Å². The summed E-state index contributed by atoms with van der Waals surface area (Å²) < 4.78 is 10.3. The van der Waals surface area contributed by atoms with E-state index in [9.17, 15) is 4.79 Å². The van der Waals surface area contributed by atoms with Gasteiger partial charge in [-0.1, -0.05) is 123 Å². The Morgan fingerprint density at radius 1 is 0.594 bits per heavy atom. The van der Waals surface area contributed by atoms with Crippen LogP contribution in [0.3, 0.4) is 0 Å². The second-order valence-corrected chi connectivity index (χ2v) is 9.84. The highest BCUT2D eigenvalue weighted by Gasteiger charge is 2.03. The third-order valence-corrected chi connectivity index (χ3v) is 6.02. The number of hydrogen-bond donors (Lipinski definition) is 0. The van der Waals surface area contributed by atoms with Crippen LogP contribution in [0.2, 0.25) is 0 Å². The van der Waals surface area contributed by atoms with Crippen molar-refractivity contribution in [1.29, 1.82) is 0 Å². The van der Waals surface area contributed by atoms with E-state index >= 15 is 0 Å². The Balaban J connectivity index is 3.19.